The lowest BCUT2D eigenvalue weighted by Gasteiger charge is -2.00. The Morgan fingerprint density at radius 2 is 2.00 bits per heavy atom. The molecule has 0 saturated heterocycles. The van der Waals surface area contributed by atoms with Crippen molar-refractivity contribution in [3.63, 3.8) is 0 Å². The Hall–Kier alpha value is -2.27. The Morgan fingerprint density at radius 1 is 1.14 bits per heavy atom. The average molecular weight is 342 g/mol. The molecule has 21 heavy (non-hydrogen) atoms. The van der Waals surface area contributed by atoms with Crippen molar-refractivity contribution in [3.8, 4) is 0 Å². The lowest BCUT2D eigenvalue weighted by molar-refractivity contribution is 0.513. The summed E-state index contributed by atoms with van der Waals surface area (Å²) < 4.78 is 8.96. The van der Waals surface area contributed by atoms with Gasteiger partial charge >= 0.3 is 0 Å². The van der Waals surface area contributed by atoms with E-state index in [1.807, 2.05) is 36.5 Å². The molecule has 4 aromatic rings. The van der Waals surface area contributed by atoms with Crippen molar-refractivity contribution in [2.24, 2.45) is 0 Å². The van der Waals surface area contributed by atoms with Crippen LogP contribution in [0, 0.1) is 0 Å². The standard InChI is InChI=1S/C16H12BrN3O/c17-11-8-20(13-6-2-1-4-10(11)13)9-15-19-16-12(18)5-3-7-14(16)21-15/h1-8H,9,18H2. The van der Waals surface area contributed by atoms with Gasteiger partial charge in [-0.2, -0.15) is 0 Å². The molecule has 0 aliphatic heterocycles. The van der Waals surface area contributed by atoms with Gasteiger partial charge in [0.25, 0.3) is 0 Å². The summed E-state index contributed by atoms with van der Waals surface area (Å²) in [5.41, 5.74) is 9.15. The molecule has 2 aromatic carbocycles. The van der Waals surface area contributed by atoms with Gasteiger partial charge in [0.05, 0.1) is 12.2 Å². The van der Waals surface area contributed by atoms with Crippen LogP contribution in [0.5, 0.6) is 0 Å². The van der Waals surface area contributed by atoms with Gasteiger partial charge in [0.1, 0.15) is 5.52 Å². The van der Waals surface area contributed by atoms with E-state index in [4.69, 9.17) is 10.2 Å². The molecule has 0 atom stereocenters. The maximum absolute atomic E-state index is 5.92. The van der Waals surface area contributed by atoms with Crippen LogP contribution in [0.4, 0.5) is 5.69 Å². The summed E-state index contributed by atoms with van der Waals surface area (Å²) in [6.45, 7) is 0.570. The van der Waals surface area contributed by atoms with E-state index in [1.165, 1.54) is 5.39 Å². The summed E-state index contributed by atoms with van der Waals surface area (Å²) >= 11 is 3.59. The Labute approximate surface area is 129 Å². The summed E-state index contributed by atoms with van der Waals surface area (Å²) in [5, 5.41) is 1.17. The molecule has 2 aromatic heterocycles. The summed E-state index contributed by atoms with van der Waals surface area (Å²) in [5.74, 6) is 0.649. The van der Waals surface area contributed by atoms with E-state index in [9.17, 15) is 0 Å². The van der Waals surface area contributed by atoms with Crippen LogP contribution in [0.1, 0.15) is 5.89 Å². The van der Waals surface area contributed by atoms with E-state index in [-0.39, 0.29) is 0 Å². The number of rotatable bonds is 2. The zero-order chi connectivity index (χ0) is 14.4. The molecule has 0 bridgehead atoms. The zero-order valence-electron chi connectivity index (χ0n) is 11.1. The molecule has 0 radical (unpaired) electrons. The van der Waals surface area contributed by atoms with E-state index in [1.54, 1.807) is 0 Å². The number of hydrogen-bond donors (Lipinski definition) is 1. The number of halogens is 1. The third kappa shape index (κ3) is 2.01. The van der Waals surface area contributed by atoms with Gasteiger partial charge in [-0.25, -0.2) is 4.98 Å². The summed E-state index contributed by atoms with van der Waals surface area (Å²) in [7, 11) is 0. The highest BCUT2D eigenvalue weighted by Crippen LogP contribution is 2.27. The molecule has 104 valence electrons. The lowest BCUT2D eigenvalue weighted by Crippen LogP contribution is -1.97. The fourth-order valence-corrected chi connectivity index (χ4v) is 3.14. The topological polar surface area (TPSA) is 57.0 Å². The number of oxazole rings is 1. The molecule has 2 N–H and O–H groups in total. The molecular formula is C16H12BrN3O. The number of hydrogen-bond acceptors (Lipinski definition) is 3. The number of benzene rings is 2. The molecule has 0 unspecified atom stereocenters. The number of fused-ring (bicyclic) bond motifs is 2. The van der Waals surface area contributed by atoms with Gasteiger partial charge < -0.3 is 14.7 Å². The molecule has 0 amide bonds. The van der Waals surface area contributed by atoms with Gasteiger partial charge in [-0.1, -0.05) is 24.3 Å². The van der Waals surface area contributed by atoms with Crippen molar-refractivity contribution in [3.05, 3.63) is 59.0 Å². The third-order valence-corrected chi connectivity index (χ3v) is 4.17. The fourth-order valence-electron chi connectivity index (χ4n) is 2.56. The molecule has 4 rings (SSSR count). The second-order valence-corrected chi connectivity index (χ2v) is 5.78. The van der Waals surface area contributed by atoms with Crippen molar-refractivity contribution < 1.29 is 4.42 Å². The first-order valence-electron chi connectivity index (χ1n) is 6.59. The first-order valence-corrected chi connectivity index (χ1v) is 7.39. The van der Waals surface area contributed by atoms with Gasteiger partial charge in [0.15, 0.2) is 5.58 Å². The Morgan fingerprint density at radius 3 is 2.86 bits per heavy atom. The predicted octanol–water partition coefficient (Wildman–Crippen LogP) is 4.18. The second-order valence-electron chi connectivity index (χ2n) is 4.92. The van der Waals surface area contributed by atoms with Crippen LogP contribution in [-0.2, 0) is 6.54 Å². The molecule has 2 heterocycles. The van der Waals surface area contributed by atoms with Gasteiger partial charge in [-0.05, 0) is 34.1 Å². The number of nitrogens with zero attached hydrogens (tertiary/aromatic N) is 2. The van der Waals surface area contributed by atoms with E-state index in [2.05, 4.69) is 37.6 Å². The molecule has 0 saturated carbocycles. The SMILES string of the molecule is Nc1cccc2oc(Cn3cc(Br)c4ccccc43)nc12. The molecular weight excluding hydrogens is 330 g/mol. The van der Waals surface area contributed by atoms with Gasteiger partial charge in [0.2, 0.25) is 5.89 Å². The quantitative estimate of drug-likeness (QED) is 0.556. The van der Waals surface area contributed by atoms with Gasteiger partial charge in [-0.3, -0.25) is 0 Å². The first kappa shape index (κ1) is 12.5. The Kier molecular flexibility index (Phi) is 2.75. The van der Waals surface area contributed by atoms with Gasteiger partial charge in [-0.15, -0.1) is 0 Å². The minimum absolute atomic E-state index is 0.570. The highest BCUT2D eigenvalue weighted by Gasteiger charge is 2.11. The molecule has 0 fully saturated rings. The summed E-state index contributed by atoms with van der Waals surface area (Å²) in [6.07, 6.45) is 2.04. The maximum Gasteiger partial charge on any atom is 0.215 e. The third-order valence-electron chi connectivity index (χ3n) is 3.54. The lowest BCUT2D eigenvalue weighted by atomic mass is 10.2. The van der Waals surface area contributed by atoms with Crippen LogP contribution in [0.15, 0.2) is 57.6 Å². The molecule has 5 heteroatoms. The zero-order valence-corrected chi connectivity index (χ0v) is 12.7. The van der Waals surface area contributed by atoms with Crippen molar-refractivity contribution in [2.75, 3.05) is 5.73 Å². The summed E-state index contributed by atoms with van der Waals surface area (Å²) in [6, 6.07) is 13.8. The van der Waals surface area contributed by atoms with E-state index in [0.29, 0.717) is 18.1 Å². The Balaban J connectivity index is 1.81. The minimum Gasteiger partial charge on any atom is -0.439 e. The molecule has 0 aliphatic rings. The number of para-hydroxylation sites is 2. The van der Waals surface area contributed by atoms with E-state index >= 15 is 0 Å². The van der Waals surface area contributed by atoms with Crippen LogP contribution >= 0.6 is 15.9 Å². The number of nitrogen functional groups attached to an aromatic ring is 1. The molecule has 0 aliphatic carbocycles. The van der Waals surface area contributed by atoms with Crippen LogP contribution in [0.25, 0.3) is 22.0 Å². The number of anilines is 1. The number of aromatic nitrogens is 2. The second kappa shape index (κ2) is 4.63. The monoisotopic (exact) mass is 341 g/mol. The maximum atomic E-state index is 5.92. The average Bonchev–Trinajstić information content (AvgIpc) is 3.03. The summed E-state index contributed by atoms with van der Waals surface area (Å²) in [4.78, 5) is 4.50. The highest BCUT2D eigenvalue weighted by atomic mass is 79.9. The minimum atomic E-state index is 0.570. The van der Waals surface area contributed by atoms with Crippen LogP contribution in [0.3, 0.4) is 0 Å². The Bertz CT molecular complexity index is 955. The number of nitrogens with two attached hydrogens (primary N) is 1. The fraction of sp³-hybridized carbons (Fsp3) is 0.0625. The largest absolute Gasteiger partial charge is 0.439 e. The van der Waals surface area contributed by atoms with Crippen LogP contribution in [-0.4, -0.2) is 9.55 Å². The van der Waals surface area contributed by atoms with Gasteiger partial charge in [0, 0.05) is 21.6 Å². The highest BCUT2D eigenvalue weighted by molar-refractivity contribution is 9.10. The van der Waals surface area contributed by atoms with Crippen molar-refractivity contribution in [1.29, 1.82) is 0 Å². The van der Waals surface area contributed by atoms with Crippen molar-refractivity contribution in [1.82, 2.24) is 9.55 Å². The van der Waals surface area contributed by atoms with E-state index < -0.39 is 0 Å². The normalized spacial score (nSPS) is 11.5. The molecule has 4 nitrogen and oxygen atoms in total. The van der Waals surface area contributed by atoms with E-state index in [0.717, 1.165) is 21.1 Å². The first-order chi connectivity index (χ1) is 10.2. The van der Waals surface area contributed by atoms with Crippen molar-refractivity contribution in [2.45, 2.75) is 6.54 Å². The smallest absolute Gasteiger partial charge is 0.215 e. The van der Waals surface area contributed by atoms with Crippen molar-refractivity contribution >= 4 is 43.6 Å². The van der Waals surface area contributed by atoms with Crippen LogP contribution < -0.4 is 5.73 Å². The molecule has 0 spiro atoms. The van der Waals surface area contributed by atoms with Crippen LogP contribution in [0.2, 0.25) is 0 Å². The predicted molar refractivity (Wildman–Crippen MR) is 87.2 cm³/mol.